The van der Waals surface area contributed by atoms with E-state index in [2.05, 4.69) is 22.9 Å². The summed E-state index contributed by atoms with van der Waals surface area (Å²) in [4.78, 5) is 25.1. The Morgan fingerprint density at radius 3 is 2.44 bits per heavy atom. The van der Waals surface area contributed by atoms with Crippen LogP contribution >= 0.6 is 12.2 Å². The van der Waals surface area contributed by atoms with Gasteiger partial charge in [-0.15, -0.1) is 0 Å². The number of nitrogens with one attached hydrogen (secondary N) is 3. The molecule has 2 aromatic rings. The van der Waals surface area contributed by atoms with Crippen molar-refractivity contribution in [2.45, 2.75) is 57.9 Å². The van der Waals surface area contributed by atoms with E-state index in [9.17, 15) is 9.59 Å². The zero-order valence-electron chi connectivity index (χ0n) is 18.5. The summed E-state index contributed by atoms with van der Waals surface area (Å²) in [6, 6.07) is 14.4. The fraction of sp³-hybridized carbons (Fsp3) is 0.400. The van der Waals surface area contributed by atoms with Crippen molar-refractivity contribution in [1.82, 2.24) is 10.6 Å². The van der Waals surface area contributed by atoms with Crippen LogP contribution in [0.1, 0.15) is 72.6 Å². The molecule has 1 fully saturated rings. The van der Waals surface area contributed by atoms with Crippen LogP contribution in [0.15, 0.2) is 48.5 Å². The summed E-state index contributed by atoms with van der Waals surface area (Å²) >= 11 is 5.29. The predicted molar refractivity (Wildman–Crippen MR) is 131 cm³/mol. The Balaban J connectivity index is 1.52. The van der Waals surface area contributed by atoms with E-state index in [1.165, 1.54) is 19.3 Å². The summed E-state index contributed by atoms with van der Waals surface area (Å²) < 4.78 is 5.73. The van der Waals surface area contributed by atoms with Gasteiger partial charge in [0, 0.05) is 17.3 Å². The first-order valence-corrected chi connectivity index (χ1v) is 11.7. The number of anilines is 1. The van der Waals surface area contributed by atoms with Crippen LogP contribution in [0.2, 0.25) is 0 Å². The molecule has 32 heavy (non-hydrogen) atoms. The lowest BCUT2D eigenvalue weighted by Crippen LogP contribution is -2.36. The minimum absolute atomic E-state index is 0.0565. The number of amides is 2. The molecule has 1 aliphatic rings. The molecule has 1 saturated carbocycles. The van der Waals surface area contributed by atoms with Gasteiger partial charge in [0.25, 0.3) is 11.8 Å². The second-order valence-electron chi connectivity index (χ2n) is 7.99. The van der Waals surface area contributed by atoms with Crippen molar-refractivity contribution in [2.75, 3.05) is 11.9 Å². The van der Waals surface area contributed by atoms with Crippen molar-refractivity contribution in [2.24, 2.45) is 0 Å². The highest BCUT2D eigenvalue weighted by Gasteiger charge is 2.17. The number of thiocarbonyl (C=S) groups is 1. The Hall–Kier alpha value is -2.93. The van der Waals surface area contributed by atoms with Crippen LogP contribution in [0, 0.1) is 0 Å². The van der Waals surface area contributed by atoms with Gasteiger partial charge in [0.15, 0.2) is 5.11 Å². The molecule has 7 heteroatoms. The summed E-state index contributed by atoms with van der Waals surface area (Å²) in [5.74, 6) is 0.145. The van der Waals surface area contributed by atoms with Crippen molar-refractivity contribution in [1.29, 1.82) is 0 Å². The molecule has 0 aliphatic heterocycles. The molecule has 0 atom stereocenters. The first kappa shape index (κ1) is 23.7. The molecule has 0 radical (unpaired) electrons. The maximum atomic E-state index is 12.7. The van der Waals surface area contributed by atoms with E-state index in [1.807, 2.05) is 6.07 Å². The summed E-state index contributed by atoms with van der Waals surface area (Å²) in [6.07, 6.45) is 7.63. The maximum absolute atomic E-state index is 12.7. The van der Waals surface area contributed by atoms with E-state index in [-0.39, 0.29) is 23.0 Å². The number of ether oxygens (including phenoxy) is 1. The van der Waals surface area contributed by atoms with E-state index >= 15 is 0 Å². The summed E-state index contributed by atoms with van der Waals surface area (Å²) in [5, 5.41) is 8.97. The Morgan fingerprint density at radius 1 is 1.00 bits per heavy atom. The molecule has 0 unspecified atom stereocenters. The van der Waals surface area contributed by atoms with E-state index in [0.29, 0.717) is 29.2 Å². The highest BCUT2D eigenvalue weighted by molar-refractivity contribution is 7.80. The molecule has 1 aliphatic carbocycles. The monoisotopic (exact) mass is 453 g/mol. The van der Waals surface area contributed by atoms with Gasteiger partial charge in [-0.3, -0.25) is 14.9 Å². The van der Waals surface area contributed by atoms with Gasteiger partial charge in [0.05, 0.1) is 12.2 Å². The average Bonchev–Trinajstić information content (AvgIpc) is 2.80. The lowest BCUT2D eigenvalue weighted by atomic mass is 9.95. The Kier molecular flexibility index (Phi) is 9.04. The van der Waals surface area contributed by atoms with Gasteiger partial charge < -0.3 is 15.4 Å². The normalized spacial score (nSPS) is 13.8. The number of carbonyl (C=O) groups is 2. The zero-order valence-corrected chi connectivity index (χ0v) is 19.3. The van der Waals surface area contributed by atoms with Gasteiger partial charge in [0.2, 0.25) is 0 Å². The highest BCUT2D eigenvalue weighted by Crippen LogP contribution is 2.19. The molecule has 0 heterocycles. The van der Waals surface area contributed by atoms with Crippen molar-refractivity contribution in [3.8, 4) is 5.75 Å². The van der Waals surface area contributed by atoms with Crippen LogP contribution < -0.4 is 20.7 Å². The molecule has 6 nitrogen and oxygen atoms in total. The van der Waals surface area contributed by atoms with Crippen molar-refractivity contribution >= 4 is 34.8 Å². The molecule has 3 N–H and O–H groups in total. The Labute approximate surface area is 195 Å². The third kappa shape index (κ3) is 7.05. The Bertz CT molecular complexity index is 924. The molecule has 3 rings (SSSR count). The number of hydrogen-bond donors (Lipinski definition) is 3. The van der Waals surface area contributed by atoms with E-state index in [1.54, 1.807) is 42.5 Å². The van der Waals surface area contributed by atoms with Crippen LogP contribution in [0.5, 0.6) is 5.75 Å². The number of carbonyl (C=O) groups excluding carboxylic acids is 2. The molecule has 0 spiro atoms. The first-order valence-electron chi connectivity index (χ1n) is 11.3. The highest BCUT2D eigenvalue weighted by atomic mass is 32.1. The molecule has 0 bridgehead atoms. The number of rotatable bonds is 8. The van der Waals surface area contributed by atoms with Crippen molar-refractivity contribution in [3.63, 3.8) is 0 Å². The van der Waals surface area contributed by atoms with Crippen LogP contribution in [0.25, 0.3) is 0 Å². The molecule has 2 amide bonds. The second-order valence-corrected chi connectivity index (χ2v) is 8.40. The van der Waals surface area contributed by atoms with Gasteiger partial charge in [-0.2, -0.15) is 0 Å². The summed E-state index contributed by atoms with van der Waals surface area (Å²) in [5.41, 5.74) is 1.73. The van der Waals surface area contributed by atoms with Crippen molar-refractivity contribution in [3.05, 3.63) is 59.7 Å². The van der Waals surface area contributed by atoms with Crippen molar-refractivity contribution < 1.29 is 14.3 Å². The molecule has 170 valence electrons. The first-order chi connectivity index (χ1) is 15.6. The molecule has 0 saturated heterocycles. The van der Waals surface area contributed by atoms with Gasteiger partial charge >= 0.3 is 0 Å². The lowest BCUT2D eigenvalue weighted by Gasteiger charge is -2.22. The van der Waals surface area contributed by atoms with Gasteiger partial charge in [-0.1, -0.05) is 44.7 Å². The van der Waals surface area contributed by atoms with E-state index in [0.717, 1.165) is 25.7 Å². The maximum Gasteiger partial charge on any atom is 0.261 e. The minimum atomic E-state index is -0.335. The van der Waals surface area contributed by atoms with Gasteiger partial charge in [-0.25, -0.2) is 0 Å². The zero-order chi connectivity index (χ0) is 22.8. The van der Waals surface area contributed by atoms with E-state index in [4.69, 9.17) is 17.0 Å². The van der Waals surface area contributed by atoms with Gasteiger partial charge in [-0.05, 0) is 67.9 Å². The largest absolute Gasteiger partial charge is 0.493 e. The van der Waals surface area contributed by atoms with Crippen LogP contribution in [0.3, 0.4) is 0 Å². The van der Waals surface area contributed by atoms with Crippen LogP contribution in [-0.2, 0) is 0 Å². The molecule has 2 aromatic carbocycles. The third-order valence-corrected chi connectivity index (χ3v) is 5.66. The SMILES string of the molecule is CCCCOc1ccccc1C(=O)NC(=S)Nc1ccc(C(=O)NC2CCCCC2)cc1. The summed E-state index contributed by atoms with van der Waals surface area (Å²) in [7, 11) is 0. The molecule has 0 aromatic heterocycles. The summed E-state index contributed by atoms with van der Waals surface area (Å²) in [6.45, 7) is 2.64. The average molecular weight is 454 g/mol. The minimum Gasteiger partial charge on any atom is -0.493 e. The number of para-hydroxylation sites is 1. The van der Waals surface area contributed by atoms with Crippen LogP contribution in [0.4, 0.5) is 5.69 Å². The number of hydrogen-bond acceptors (Lipinski definition) is 4. The van der Waals surface area contributed by atoms with Gasteiger partial charge in [0.1, 0.15) is 5.75 Å². The topological polar surface area (TPSA) is 79.5 Å². The predicted octanol–water partition coefficient (Wildman–Crippen LogP) is 5.05. The fourth-order valence-electron chi connectivity index (χ4n) is 3.66. The fourth-order valence-corrected chi connectivity index (χ4v) is 3.87. The second kappa shape index (κ2) is 12.2. The smallest absolute Gasteiger partial charge is 0.261 e. The number of unbranched alkanes of at least 4 members (excludes halogenated alkanes) is 1. The molecular weight excluding hydrogens is 422 g/mol. The third-order valence-electron chi connectivity index (χ3n) is 5.46. The molecular formula is C25H31N3O3S. The Morgan fingerprint density at radius 2 is 1.72 bits per heavy atom. The van der Waals surface area contributed by atoms with Crippen LogP contribution in [-0.4, -0.2) is 29.6 Å². The number of benzene rings is 2. The van der Waals surface area contributed by atoms with E-state index < -0.39 is 0 Å². The quantitative estimate of drug-likeness (QED) is 0.385. The standard InChI is InChI=1S/C25H31N3O3S/c1-2-3-17-31-22-12-8-7-11-21(22)24(30)28-25(32)27-20-15-13-18(14-16-20)23(29)26-19-9-5-4-6-10-19/h7-8,11-16,19H,2-6,9-10,17H2,1H3,(H,26,29)(H2,27,28,30,32). The lowest BCUT2D eigenvalue weighted by molar-refractivity contribution is 0.0926.